The van der Waals surface area contributed by atoms with Gasteiger partial charge in [-0.1, -0.05) is 121 Å². The first-order chi connectivity index (χ1) is 40.2. The van der Waals surface area contributed by atoms with Crippen molar-refractivity contribution in [2.24, 2.45) is 0 Å². The van der Waals surface area contributed by atoms with Crippen molar-refractivity contribution in [3.05, 3.63) is 283 Å². The van der Waals surface area contributed by atoms with Crippen LogP contribution in [0.3, 0.4) is 0 Å². The summed E-state index contributed by atoms with van der Waals surface area (Å²) in [7, 11) is 0. The number of rotatable bonds is 10. The third-order valence-electron chi connectivity index (χ3n) is 16.7. The van der Waals surface area contributed by atoms with E-state index in [1.807, 2.05) is 24.3 Å². The Balaban J connectivity index is 0.935. The molecule has 13 aromatic rings. The molecule has 0 saturated carbocycles. The van der Waals surface area contributed by atoms with E-state index in [0.717, 1.165) is 90.1 Å². The predicted molar refractivity (Wildman–Crippen MR) is 344 cm³/mol. The highest BCUT2D eigenvalue weighted by Gasteiger charge is 2.45. The lowest BCUT2D eigenvalue weighted by Crippen LogP contribution is -2.61. The van der Waals surface area contributed by atoms with Crippen molar-refractivity contribution in [1.29, 1.82) is 0 Å². The fourth-order valence-corrected chi connectivity index (χ4v) is 13.0. The number of fused-ring (bicyclic) bond motifs is 6. The van der Waals surface area contributed by atoms with E-state index in [1.165, 1.54) is 67.0 Å². The largest absolute Gasteiger partial charge is 0.456 e. The summed E-state index contributed by atoms with van der Waals surface area (Å²) in [5.74, 6) is 1.70. The van der Waals surface area contributed by atoms with Gasteiger partial charge in [-0.3, -0.25) is 0 Å². The second-order valence-corrected chi connectivity index (χ2v) is 22.0. The summed E-state index contributed by atoms with van der Waals surface area (Å²) < 4.78 is 12.7. The first-order valence-corrected chi connectivity index (χ1v) is 28.3. The van der Waals surface area contributed by atoms with Gasteiger partial charge in [-0.05, 0) is 212 Å². The van der Waals surface area contributed by atoms with E-state index >= 15 is 0 Å². The number of aryl methyl sites for hydroxylation is 5. The normalized spacial score (nSPS) is 12.4. The zero-order valence-electron chi connectivity index (χ0n) is 46.4. The maximum absolute atomic E-state index is 6.36. The molecule has 2 aliphatic heterocycles. The van der Waals surface area contributed by atoms with Gasteiger partial charge in [0, 0.05) is 78.8 Å². The zero-order chi connectivity index (χ0) is 55.2. The lowest BCUT2D eigenvalue weighted by Gasteiger charge is -2.46. The maximum Gasteiger partial charge on any atom is 0.252 e. The lowest BCUT2D eigenvalue weighted by atomic mass is 9.33. The Morgan fingerprint density at radius 2 is 0.683 bits per heavy atom. The van der Waals surface area contributed by atoms with Crippen molar-refractivity contribution in [2.45, 2.75) is 34.6 Å². The van der Waals surface area contributed by atoms with Crippen LogP contribution in [0.25, 0.3) is 44.6 Å². The highest BCUT2D eigenvalue weighted by atomic mass is 16.3. The molecule has 0 atom stereocenters. The Kier molecular flexibility index (Phi) is 11.6. The van der Waals surface area contributed by atoms with Gasteiger partial charge in [0.05, 0.1) is 11.4 Å². The van der Waals surface area contributed by atoms with E-state index in [-0.39, 0.29) is 6.71 Å². The molecule has 0 radical (unpaired) electrons. The van der Waals surface area contributed by atoms with Gasteiger partial charge < -0.3 is 28.4 Å². The van der Waals surface area contributed by atoms with Gasteiger partial charge in [-0.15, -0.1) is 0 Å². The average molecular weight is 1060 g/mol. The van der Waals surface area contributed by atoms with Crippen molar-refractivity contribution in [3.8, 4) is 22.6 Å². The molecule has 392 valence electrons. The fourth-order valence-electron chi connectivity index (χ4n) is 13.0. The van der Waals surface area contributed by atoms with Crippen LogP contribution in [0.4, 0.5) is 68.2 Å². The molecule has 4 heterocycles. The summed E-state index contributed by atoms with van der Waals surface area (Å²) in [4.78, 5) is 9.92. The molecular weight excluding hydrogens is 1000 g/mol. The second kappa shape index (κ2) is 19.5. The number of hydrogen-bond acceptors (Lipinski definition) is 6. The van der Waals surface area contributed by atoms with E-state index < -0.39 is 0 Å². The molecule has 0 saturated heterocycles. The Labute approximate surface area is 479 Å². The summed E-state index contributed by atoms with van der Waals surface area (Å²) >= 11 is 0. The zero-order valence-corrected chi connectivity index (χ0v) is 46.4. The summed E-state index contributed by atoms with van der Waals surface area (Å²) in [6.45, 7) is 11.2. The number of furan rings is 2. The van der Waals surface area contributed by atoms with Crippen LogP contribution in [0.15, 0.2) is 264 Å². The first-order valence-electron chi connectivity index (χ1n) is 28.3. The van der Waals surface area contributed by atoms with E-state index in [2.05, 4.69) is 285 Å². The predicted octanol–water partition coefficient (Wildman–Crippen LogP) is 19.1. The molecule has 0 unspecified atom stereocenters. The van der Waals surface area contributed by atoms with Gasteiger partial charge in [0.2, 0.25) is 0 Å². The van der Waals surface area contributed by atoms with Crippen molar-refractivity contribution >= 4 is 113 Å². The molecule has 82 heavy (non-hydrogen) atoms. The second-order valence-electron chi connectivity index (χ2n) is 22.0. The summed E-state index contributed by atoms with van der Waals surface area (Å²) in [5, 5.41) is 2.18. The van der Waals surface area contributed by atoms with Crippen LogP contribution in [-0.2, 0) is 0 Å². The molecule has 0 spiro atoms. The van der Waals surface area contributed by atoms with E-state index in [1.54, 1.807) is 0 Å². The average Bonchev–Trinajstić information content (AvgIpc) is 2.38. The van der Waals surface area contributed by atoms with Crippen LogP contribution in [0.5, 0.6) is 0 Å². The molecule has 11 aromatic carbocycles. The van der Waals surface area contributed by atoms with Crippen molar-refractivity contribution in [3.63, 3.8) is 0 Å². The maximum atomic E-state index is 6.36. The summed E-state index contributed by atoms with van der Waals surface area (Å²) in [6.07, 6.45) is 0. The number of nitrogens with zero attached hydrogens (tertiary/aromatic N) is 4. The van der Waals surface area contributed by atoms with E-state index in [9.17, 15) is 0 Å². The highest BCUT2D eigenvalue weighted by Crippen LogP contribution is 2.50. The Bertz CT molecular complexity index is 4210. The van der Waals surface area contributed by atoms with Crippen molar-refractivity contribution in [2.75, 3.05) is 19.6 Å². The number of benzene rings is 11. The number of hydrogen-bond donors (Lipinski definition) is 0. The minimum Gasteiger partial charge on any atom is -0.456 e. The van der Waals surface area contributed by atoms with Gasteiger partial charge in [0.1, 0.15) is 22.7 Å². The van der Waals surface area contributed by atoms with Crippen LogP contribution in [-0.4, -0.2) is 6.71 Å². The first kappa shape index (κ1) is 48.9. The quantitative estimate of drug-likeness (QED) is 0.127. The third-order valence-corrected chi connectivity index (χ3v) is 16.7. The molecule has 0 N–H and O–H groups in total. The van der Waals surface area contributed by atoms with Gasteiger partial charge in [0.25, 0.3) is 6.71 Å². The third kappa shape index (κ3) is 8.10. The fraction of sp³-hybridized carbons (Fsp3) is 0.0667. The summed E-state index contributed by atoms with van der Waals surface area (Å²) in [5.41, 5.74) is 27.0. The van der Waals surface area contributed by atoms with E-state index in [0.29, 0.717) is 0 Å². The molecule has 0 aliphatic carbocycles. The van der Waals surface area contributed by atoms with Gasteiger partial charge in [-0.2, -0.15) is 0 Å². The monoisotopic (exact) mass is 1060 g/mol. The molecular formula is C75H57BN4O2. The molecule has 6 nitrogen and oxygen atoms in total. The SMILES string of the molecule is Cc1cc2c3c(c1)N(c1c(C)cccc1C)c1cc(N(c4ccccc4)c4ccc(-c5cc6ccccc6o5)cc4)ccc1B3c1ccc(N(c3ccccc3)c3ccc(-c4cc5ccccc5o4)cc3)cc1N2c1c(C)cccc1C. The lowest BCUT2D eigenvalue weighted by molar-refractivity contribution is 0.631. The molecule has 15 rings (SSSR count). The molecule has 7 heteroatoms. The van der Waals surface area contributed by atoms with Crippen molar-refractivity contribution < 1.29 is 8.83 Å². The molecule has 0 amide bonds. The van der Waals surface area contributed by atoms with Crippen LogP contribution < -0.4 is 36.0 Å². The van der Waals surface area contributed by atoms with Gasteiger partial charge in [-0.25, -0.2) is 0 Å². The Morgan fingerprint density at radius 1 is 0.317 bits per heavy atom. The van der Waals surface area contributed by atoms with Crippen LogP contribution in [0, 0.1) is 34.6 Å². The standard InChI is InChI=1S/C75H57BN4O2/c1-48-42-67-73-68(43-48)80(75-51(4)20-17-21-52(75)5)66-47-62(78(58-26-10-7-11-27-58)60-36-32-54(33-37-60)72-45-56-23-13-15-29-70(56)82-72)39-41-64(66)76(73)63-40-38-61(46-65(63)79(67)74-49(2)18-16-19-50(74)3)77(57-24-8-6-9-25-57)59-34-30-53(31-35-59)71-44-55-22-12-14-28-69(55)81-71/h6-47H,1-5H3. The minimum absolute atomic E-state index is 0.110. The highest BCUT2D eigenvalue weighted by molar-refractivity contribution is 7.00. The van der Waals surface area contributed by atoms with Crippen LogP contribution in [0.2, 0.25) is 0 Å². The van der Waals surface area contributed by atoms with E-state index in [4.69, 9.17) is 8.83 Å². The smallest absolute Gasteiger partial charge is 0.252 e. The number of para-hydroxylation sites is 6. The van der Waals surface area contributed by atoms with Crippen LogP contribution >= 0.6 is 0 Å². The topological polar surface area (TPSA) is 39.2 Å². The van der Waals surface area contributed by atoms with Gasteiger partial charge in [0.15, 0.2) is 0 Å². The molecule has 2 aromatic heterocycles. The molecule has 0 fully saturated rings. The Hall–Kier alpha value is -10.2. The minimum atomic E-state index is -0.110. The molecule has 2 aliphatic rings. The molecule has 0 bridgehead atoms. The van der Waals surface area contributed by atoms with Crippen LogP contribution in [0.1, 0.15) is 27.8 Å². The Morgan fingerprint density at radius 3 is 1.09 bits per heavy atom. The van der Waals surface area contributed by atoms with Crippen molar-refractivity contribution in [1.82, 2.24) is 0 Å². The summed E-state index contributed by atoms with van der Waals surface area (Å²) in [6, 6.07) is 92.3. The number of anilines is 12. The van der Waals surface area contributed by atoms with Gasteiger partial charge >= 0.3 is 0 Å².